The van der Waals surface area contributed by atoms with E-state index in [9.17, 15) is 0 Å². The third-order valence-electron chi connectivity index (χ3n) is 13.6. The minimum Gasteiger partial charge on any atom is -0.534 e. The zero-order valence-electron chi connectivity index (χ0n) is 34.7. The first kappa shape index (κ1) is 36.8. The number of hydrogen-bond donors (Lipinski definition) is 1. The zero-order valence-corrected chi connectivity index (χ0v) is 34.7. The quantitative estimate of drug-likeness (QED) is 0.130. The molecule has 0 unspecified atom stereocenters. The van der Waals surface area contributed by atoms with Crippen LogP contribution in [0.25, 0.3) is 49.6 Å². The van der Waals surface area contributed by atoms with Crippen molar-refractivity contribution in [1.29, 1.82) is 0 Å². The highest BCUT2D eigenvalue weighted by Gasteiger charge is 2.49. The van der Waals surface area contributed by atoms with Crippen molar-refractivity contribution in [3.05, 3.63) is 120 Å². The summed E-state index contributed by atoms with van der Waals surface area (Å²) in [6, 6.07) is 30.7. The second-order valence-electron chi connectivity index (χ2n) is 17.8. The van der Waals surface area contributed by atoms with Gasteiger partial charge in [0.25, 0.3) is 6.98 Å². The summed E-state index contributed by atoms with van der Waals surface area (Å²) >= 11 is 0. The van der Waals surface area contributed by atoms with Gasteiger partial charge in [0.2, 0.25) is 0 Å². The van der Waals surface area contributed by atoms with Crippen LogP contribution in [0.1, 0.15) is 89.5 Å². The summed E-state index contributed by atoms with van der Waals surface area (Å²) in [6.07, 6.45) is 4.21. The monoisotopic (exact) mass is 739 g/mol. The number of fused-ring (bicyclic) bond motifs is 3. The number of nitrogens with one attached hydrogen (secondary N) is 1. The first-order valence-electron chi connectivity index (χ1n) is 20.2. The third kappa shape index (κ3) is 5.34. The molecule has 11 heteroatoms. The average Bonchev–Trinajstić information content (AvgIpc) is 3.84. The molecule has 0 bridgehead atoms. The summed E-state index contributed by atoms with van der Waals surface area (Å²) < 4.78 is 15.7. The van der Waals surface area contributed by atoms with E-state index < -0.39 is 7.19 Å². The molecule has 8 nitrogen and oxygen atoms in total. The lowest BCUT2D eigenvalue weighted by Gasteiger charge is -2.46. The van der Waals surface area contributed by atoms with Gasteiger partial charge in [0.15, 0.2) is 0 Å². The highest BCUT2D eigenvalue weighted by atomic mass is 16.5. The van der Waals surface area contributed by atoms with E-state index in [0.29, 0.717) is 11.8 Å². The molecule has 0 atom stereocenters. The van der Waals surface area contributed by atoms with Gasteiger partial charge in [0, 0.05) is 45.1 Å². The Morgan fingerprint density at radius 3 is 2.14 bits per heavy atom. The summed E-state index contributed by atoms with van der Waals surface area (Å²) in [4.78, 5) is 0. The highest BCUT2D eigenvalue weighted by molar-refractivity contribution is 6.83. The van der Waals surface area contributed by atoms with E-state index in [4.69, 9.17) is 14.9 Å². The Morgan fingerprint density at radius 2 is 1.45 bits per heavy atom. The van der Waals surface area contributed by atoms with E-state index in [1.165, 1.54) is 44.1 Å². The highest BCUT2D eigenvalue weighted by Crippen LogP contribution is 2.56. The molecule has 1 N–H and O–H groups in total. The van der Waals surface area contributed by atoms with Crippen molar-refractivity contribution in [3.8, 4) is 28.1 Å². The maximum atomic E-state index is 6.94. The molecule has 4 aromatic carbocycles. The lowest BCUT2D eigenvalue weighted by molar-refractivity contribution is 0.305. The molecule has 0 spiro atoms. The van der Waals surface area contributed by atoms with Crippen molar-refractivity contribution in [3.63, 3.8) is 0 Å². The van der Waals surface area contributed by atoms with Crippen LogP contribution in [0.4, 0.5) is 0 Å². The van der Waals surface area contributed by atoms with Crippen LogP contribution in [0.3, 0.4) is 0 Å². The van der Waals surface area contributed by atoms with Crippen molar-refractivity contribution in [2.24, 2.45) is 0 Å². The maximum absolute atomic E-state index is 6.94. The van der Waals surface area contributed by atoms with Crippen molar-refractivity contribution < 1.29 is 4.65 Å². The van der Waals surface area contributed by atoms with Crippen LogP contribution in [0.15, 0.2) is 97.3 Å². The van der Waals surface area contributed by atoms with E-state index in [2.05, 4.69) is 187 Å². The fourth-order valence-electron chi connectivity index (χ4n) is 9.45. The molecule has 0 amide bonds. The van der Waals surface area contributed by atoms with Gasteiger partial charge in [0.1, 0.15) is 5.75 Å². The minimum absolute atomic E-state index is 0.0631. The van der Waals surface area contributed by atoms with Crippen LogP contribution >= 0.6 is 0 Å². The smallest absolute Gasteiger partial charge is 0.525 e. The zero-order chi connectivity index (χ0) is 39.4. The summed E-state index contributed by atoms with van der Waals surface area (Å²) in [5, 5.41) is 17.9. The van der Waals surface area contributed by atoms with Crippen LogP contribution in [0, 0.1) is 0 Å². The molecule has 2 aliphatic rings. The summed E-state index contributed by atoms with van der Waals surface area (Å²) in [6.45, 7) is 20.9. The van der Waals surface area contributed by atoms with Crippen molar-refractivity contribution in [1.82, 2.24) is 33.9 Å². The molecule has 0 saturated carbocycles. The molecule has 7 aromatic rings. The normalized spacial score (nSPS) is 17.1. The van der Waals surface area contributed by atoms with Gasteiger partial charge in [-0.05, 0) is 71.1 Å². The number of pyridine rings is 1. The molecule has 4 heterocycles. The molecule has 1 aliphatic heterocycles. The van der Waals surface area contributed by atoms with Gasteiger partial charge in [-0.3, -0.25) is 4.59 Å². The Labute approximate surface area is 332 Å². The van der Waals surface area contributed by atoms with Crippen molar-refractivity contribution in [2.45, 2.75) is 84.9 Å². The SMILES string of the molecule is CB1N(C)B(Oc2ccc3c4cccc5c4c4c(c(-c6ccccc6)nn4c3c2)C(C)(C)C5(C)C)NB(n2cc(-c3c(C(C)C)cccc3C(C)C)cn2)N1C. The predicted octanol–water partition coefficient (Wildman–Crippen LogP) is 9.47. The first-order valence-corrected chi connectivity index (χ1v) is 20.2. The summed E-state index contributed by atoms with van der Waals surface area (Å²) in [7, 11) is 3.60. The maximum Gasteiger partial charge on any atom is 0.525 e. The van der Waals surface area contributed by atoms with Crippen molar-refractivity contribution >= 4 is 48.5 Å². The van der Waals surface area contributed by atoms with Gasteiger partial charge < -0.3 is 19.2 Å². The number of benzene rings is 4. The second kappa shape index (κ2) is 13.1. The number of rotatable bonds is 7. The largest absolute Gasteiger partial charge is 0.534 e. The summed E-state index contributed by atoms with van der Waals surface area (Å²) in [5.74, 6) is 1.57. The van der Waals surface area contributed by atoms with Gasteiger partial charge in [0.05, 0.1) is 22.9 Å². The molecule has 1 fully saturated rings. The molecule has 282 valence electrons. The predicted molar refractivity (Wildman–Crippen MR) is 235 cm³/mol. The third-order valence-corrected chi connectivity index (χ3v) is 13.6. The van der Waals surface area contributed by atoms with Gasteiger partial charge in [-0.15, -0.1) is 0 Å². The Kier molecular flexibility index (Phi) is 8.62. The van der Waals surface area contributed by atoms with Gasteiger partial charge in [-0.1, -0.05) is 129 Å². The first-order chi connectivity index (χ1) is 26.7. The van der Waals surface area contributed by atoms with Crippen LogP contribution in [-0.2, 0) is 10.8 Å². The molecule has 1 aliphatic carbocycles. The van der Waals surface area contributed by atoms with Crippen molar-refractivity contribution in [2.75, 3.05) is 14.1 Å². The van der Waals surface area contributed by atoms with Crippen LogP contribution < -0.4 is 9.79 Å². The Bertz CT molecular complexity index is 2620. The molecule has 0 radical (unpaired) electrons. The molecular formula is C45H52B3N7O. The van der Waals surface area contributed by atoms with Crippen LogP contribution in [-0.4, -0.2) is 64.1 Å². The number of aromatic nitrogens is 4. The van der Waals surface area contributed by atoms with Crippen LogP contribution in [0.5, 0.6) is 5.75 Å². The Hall–Kier alpha value is -4.83. The van der Waals surface area contributed by atoms with Gasteiger partial charge in [-0.2, -0.15) is 10.2 Å². The lowest BCUT2D eigenvalue weighted by atomic mass is 9.56. The molecular weight excluding hydrogens is 687 g/mol. The Balaban J connectivity index is 1.13. The number of hydrogen-bond acceptors (Lipinski definition) is 6. The van der Waals surface area contributed by atoms with E-state index in [-0.39, 0.29) is 24.9 Å². The van der Waals surface area contributed by atoms with Gasteiger partial charge in [-0.25, -0.2) is 4.52 Å². The summed E-state index contributed by atoms with van der Waals surface area (Å²) in [5.41, 5.74) is 11.9. The van der Waals surface area contributed by atoms with Crippen LogP contribution in [0.2, 0.25) is 6.82 Å². The van der Waals surface area contributed by atoms with E-state index >= 15 is 0 Å². The lowest BCUT2D eigenvalue weighted by Crippen LogP contribution is -2.77. The molecule has 1 saturated heterocycles. The molecule has 56 heavy (non-hydrogen) atoms. The fraction of sp³-hybridized carbons (Fsp3) is 0.333. The van der Waals surface area contributed by atoms with E-state index in [1.807, 2.05) is 10.8 Å². The van der Waals surface area contributed by atoms with E-state index in [0.717, 1.165) is 33.5 Å². The average molecular weight is 739 g/mol. The topological polar surface area (TPSA) is 62.9 Å². The molecule has 9 rings (SSSR count). The van der Waals surface area contributed by atoms with Gasteiger partial charge >= 0.3 is 14.3 Å². The fourth-order valence-corrected chi connectivity index (χ4v) is 9.45. The standard InChI is InChI=1S/C45H52B3N7O/c1-28(2)33-19-15-20-34(29(3)4)39(33)31-26-49-54(27-31)47-51-48(53(11)46(9)52(47)10)56-32-23-24-35-36-21-16-22-37-40(36)43-41(45(7,8)44(37,5)6)42(30-17-13-12-14-18-30)50-55(43)38(35)25-32/h12-29,51H,1-11H3. The second-order valence-corrected chi connectivity index (χ2v) is 17.8. The Morgan fingerprint density at radius 1 is 0.750 bits per heavy atom. The minimum atomic E-state index is -0.417. The van der Waals surface area contributed by atoms with E-state index in [1.54, 1.807) is 0 Å². The number of nitrogens with zero attached hydrogens (tertiary/aromatic N) is 6. The molecule has 3 aromatic heterocycles.